The van der Waals surface area contributed by atoms with Crippen LogP contribution in [-0.4, -0.2) is 24.2 Å². The third-order valence-corrected chi connectivity index (χ3v) is 4.80. The van der Waals surface area contributed by atoms with Crippen LogP contribution in [0.3, 0.4) is 0 Å². The van der Waals surface area contributed by atoms with Crippen LogP contribution >= 0.6 is 11.6 Å². The number of aryl methyl sites for hydroxylation is 1. The molecule has 3 nitrogen and oxygen atoms in total. The second-order valence-electron chi connectivity index (χ2n) is 6.11. The molecule has 2 aromatic carbocycles. The van der Waals surface area contributed by atoms with Gasteiger partial charge in [-0.05, 0) is 60.7 Å². The molecule has 0 saturated carbocycles. The van der Waals surface area contributed by atoms with Crippen molar-refractivity contribution in [3.8, 4) is 0 Å². The van der Waals surface area contributed by atoms with Gasteiger partial charge in [0.25, 0.3) is 0 Å². The molecule has 4 heteroatoms. The van der Waals surface area contributed by atoms with Gasteiger partial charge < -0.3 is 10.0 Å². The van der Waals surface area contributed by atoms with E-state index in [2.05, 4.69) is 17.0 Å². The van der Waals surface area contributed by atoms with Crippen molar-refractivity contribution in [2.75, 3.05) is 18.0 Å². The molecule has 0 aliphatic carbocycles. The van der Waals surface area contributed by atoms with E-state index >= 15 is 0 Å². The fraction of sp³-hybridized carbons (Fsp3) is 0.250. The van der Waals surface area contributed by atoms with Gasteiger partial charge in [0.05, 0.1) is 5.57 Å². The summed E-state index contributed by atoms with van der Waals surface area (Å²) >= 11 is 6.13. The zero-order valence-corrected chi connectivity index (χ0v) is 14.4. The molecule has 0 spiro atoms. The number of aliphatic carboxylic acids is 1. The molecular weight excluding hydrogens is 322 g/mol. The van der Waals surface area contributed by atoms with Crippen LogP contribution < -0.4 is 4.90 Å². The predicted molar refractivity (Wildman–Crippen MR) is 99.6 cm³/mol. The SMILES string of the molecule is Cc1ccc(/C(=C/c2ccc(N3CCCC3)cc2)C(=O)O)cc1Cl. The zero-order chi connectivity index (χ0) is 17.1. The van der Waals surface area contributed by atoms with Crippen molar-refractivity contribution in [3.63, 3.8) is 0 Å². The molecule has 24 heavy (non-hydrogen) atoms. The number of anilines is 1. The largest absolute Gasteiger partial charge is 0.478 e. The summed E-state index contributed by atoms with van der Waals surface area (Å²) in [4.78, 5) is 14.0. The Morgan fingerprint density at radius 3 is 2.38 bits per heavy atom. The average Bonchev–Trinajstić information content (AvgIpc) is 3.10. The van der Waals surface area contributed by atoms with Gasteiger partial charge in [0.15, 0.2) is 0 Å². The maximum Gasteiger partial charge on any atom is 0.336 e. The second-order valence-corrected chi connectivity index (χ2v) is 6.52. The molecule has 1 fully saturated rings. The molecule has 1 N–H and O–H groups in total. The van der Waals surface area contributed by atoms with Gasteiger partial charge in [0.1, 0.15) is 0 Å². The number of carbonyl (C=O) groups is 1. The molecule has 1 heterocycles. The van der Waals surface area contributed by atoms with E-state index in [0.29, 0.717) is 10.6 Å². The zero-order valence-electron chi connectivity index (χ0n) is 13.6. The lowest BCUT2D eigenvalue weighted by Gasteiger charge is -2.17. The van der Waals surface area contributed by atoms with Gasteiger partial charge in [-0.15, -0.1) is 0 Å². The highest BCUT2D eigenvalue weighted by molar-refractivity contribution is 6.32. The van der Waals surface area contributed by atoms with Gasteiger partial charge in [0.2, 0.25) is 0 Å². The van der Waals surface area contributed by atoms with E-state index in [9.17, 15) is 9.90 Å². The summed E-state index contributed by atoms with van der Waals surface area (Å²) in [5.74, 6) is -0.960. The molecule has 0 amide bonds. The maximum absolute atomic E-state index is 11.7. The Bertz CT molecular complexity index is 775. The lowest BCUT2D eigenvalue weighted by Crippen LogP contribution is -2.17. The van der Waals surface area contributed by atoms with Crippen LogP contribution in [0.15, 0.2) is 42.5 Å². The topological polar surface area (TPSA) is 40.5 Å². The predicted octanol–water partition coefficient (Wildman–Crippen LogP) is 4.87. The minimum atomic E-state index is -0.960. The Balaban J connectivity index is 1.90. The first-order valence-electron chi connectivity index (χ1n) is 8.11. The van der Waals surface area contributed by atoms with E-state index in [4.69, 9.17) is 11.6 Å². The van der Waals surface area contributed by atoms with Crippen LogP contribution in [0, 0.1) is 6.92 Å². The van der Waals surface area contributed by atoms with Crippen molar-refractivity contribution in [2.45, 2.75) is 19.8 Å². The number of nitrogens with zero attached hydrogens (tertiary/aromatic N) is 1. The Labute approximate surface area is 147 Å². The fourth-order valence-electron chi connectivity index (χ4n) is 2.95. The summed E-state index contributed by atoms with van der Waals surface area (Å²) in [5.41, 5.74) is 3.85. The minimum Gasteiger partial charge on any atom is -0.478 e. The third-order valence-electron chi connectivity index (χ3n) is 4.39. The normalized spacial score (nSPS) is 14.9. The Kier molecular flexibility index (Phi) is 4.91. The first-order chi connectivity index (χ1) is 11.5. The molecule has 0 unspecified atom stereocenters. The van der Waals surface area contributed by atoms with Crippen molar-refractivity contribution in [1.82, 2.24) is 0 Å². The summed E-state index contributed by atoms with van der Waals surface area (Å²) in [6.45, 7) is 4.09. The number of carboxylic acids is 1. The first-order valence-corrected chi connectivity index (χ1v) is 8.49. The van der Waals surface area contributed by atoms with Crippen LogP contribution in [0.2, 0.25) is 5.02 Å². The molecule has 124 valence electrons. The highest BCUT2D eigenvalue weighted by atomic mass is 35.5. The van der Waals surface area contributed by atoms with Crippen LogP contribution in [0.5, 0.6) is 0 Å². The molecule has 1 saturated heterocycles. The molecule has 0 aromatic heterocycles. The van der Waals surface area contributed by atoms with E-state index < -0.39 is 5.97 Å². The van der Waals surface area contributed by atoms with Gasteiger partial charge in [0, 0.05) is 23.8 Å². The fourth-order valence-corrected chi connectivity index (χ4v) is 3.13. The van der Waals surface area contributed by atoms with Crippen molar-refractivity contribution in [1.29, 1.82) is 0 Å². The van der Waals surface area contributed by atoms with E-state index in [-0.39, 0.29) is 5.57 Å². The van der Waals surface area contributed by atoms with Gasteiger partial charge in [-0.25, -0.2) is 4.79 Å². The molecule has 1 aliphatic heterocycles. The maximum atomic E-state index is 11.7. The molecule has 2 aromatic rings. The minimum absolute atomic E-state index is 0.242. The third kappa shape index (κ3) is 3.62. The van der Waals surface area contributed by atoms with Gasteiger partial charge in [-0.3, -0.25) is 0 Å². The van der Waals surface area contributed by atoms with Gasteiger partial charge in [-0.1, -0.05) is 35.9 Å². The standard InChI is InChI=1S/C20H20ClNO2/c1-14-4-7-16(13-19(14)21)18(20(23)24)12-15-5-8-17(9-6-15)22-10-2-3-11-22/h4-9,12-13H,2-3,10-11H2,1H3,(H,23,24)/b18-12-. The number of rotatable bonds is 4. The summed E-state index contributed by atoms with van der Waals surface area (Å²) in [7, 11) is 0. The van der Waals surface area contributed by atoms with Crippen LogP contribution in [0.25, 0.3) is 11.6 Å². The van der Waals surface area contributed by atoms with E-state index in [1.807, 2.05) is 25.1 Å². The monoisotopic (exact) mass is 341 g/mol. The number of hydrogen-bond acceptors (Lipinski definition) is 2. The summed E-state index contributed by atoms with van der Waals surface area (Å²) < 4.78 is 0. The van der Waals surface area contributed by atoms with E-state index in [1.54, 1.807) is 18.2 Å². The molecule has 1 aliphatic rings. The number of halogens is 1. The summed E-state index contributed by atoms with van der Waals surface area (Å²) in [6, 6.07) is 13.4. The number of carboxylic acid groups (broad SMARTS) is 1. The summed E-state index contributed by atoms with van der Waals surface area (Å²) in [6.07, 6.45) is 4.16. The van der Waals surface area contributed by atoms with Crippen molar-refractivity contribution < 1.29 is 9.90 Å². The highest BCUT2D eigenvalue weighted by Crippen LogP contribution is 2.26. The Morgan fingerprint density at radius 1 is 1.12 bits per heavy atom. The van der Waals surface area contributed by atoms with E-state index in [1.165, 1.54) is 18.5 Å². The molecule has 0 bridgehead atoms. The van der Waals surface area contributed by atoms with Gasteiger partial charge >= 0.3 is 5.97 Å². The quantitative estimate of drug-likeness (QED) is 0.637. The van der Waals surface area contributed by atoms with Crippen molar-refractivity contribution in [2.24, 2.45) is 0 Å². The lowest BCUT2D eigenvalue weighted by molar-refractivity contribution is -0.130. The van der Waals surface area contributed by atoms with Gasteiger partial charge in [-0.2, -0.15) is 0 Å². The smallest absolute Gasteiger partial charge is 0.336 e. The Morgan fingerprint density at radius 2 is 1.79 bits per heavy atom. The van der Waals surface area contributed by atoms with Crippen LogP contribution in [0.4, 0.5) is 5.69 Å². The van der Waals surface area contributed by atoms with Crippen LogP contribution in [-0.2, 0) is 4.79 Å². The molecule has 0 radical (unpaired) electrons. The van der Waals surface area contributed by atoms with E-state index in [0.717, 1.165) is 24.2 Å². The molecule has 3 rings (SSSR count). The number of benzene rings is 2. The lowest BCUT2D eigenvalue weighted by atomic mass is 10.0. The molecule has 0 atom stereocenters. The summed E-state index contributed by atoms with van der Waals surface area (Å²) in [5, 5.41) is 10.1. The number of hydrogen-bond donors (Lipinski definition) is 1. The second kappa shape index (κ2) is 7.10. The Hall–Kier alpha value is -2.26. The van der Waals surface area contributed by atoms with Crippen molar-refractivity contribution in [3.05, 3.63) is 64.2 Å². The first kappa shape index (κ1) is 16.6. The highest BCUT2D eigenvalue weighted by Gasteiger charge is 2.13. The van der Waals surface area contributed by atoms with Crippen LogP contribution in [0.1, 0.15) is 29.5 Å². The average molecular weight is 342 g/mol. The van der Waals surface area contributed by atoms with Crippen molar-refractivity contribution >= 4 is 34.9 Å². The molecular formula is C20H20ClNO2.